The van der Waals surface area contributed by atoms with Gasteiger partial charge in [0.05, 0.1) is 11.1 Å². The van der Waals surface area contributed by atoms with Crippen LogP contribution in [0.3, 0.4) is 0 Å². The molecule has 0 bridgehead atoms. The van der Waals surface area contributed by atoms with Crippen LogP contribution in [-0.4, -0.2) is 22.7 Å². The molecule has 0 radical (unpaired) electrons. The van der Waals surface area contributed by atoms with Crippen molar-refractivity contribution in [1.82, 2.24) is 10.2 Å². The van der Waals surface area contributed by atoms with E-state index < -0.39 is 35.0 Å². The third-order valence-corrected chi connectivity index (χ3v) is 4.65. The zero-order valence-corrected chi connectivity index (χ0v) is 14.1. The molecule has 12 heteroatoms. The minimum Gasteiger partial charge on any atom is -0.371 e. The highest BCUT2D eigenvalue weighted by Gasteiger charge is 2.37. The summed E-state index contributed by atoms with van der Waals surface area (Å²) in [5.74, 6) is -1.15. The average Bonchev–Trinajstić information content (AvgIpc) is 3.23. The van der Waals surface area contributed by atoms with Gasteiger partial charge in [-0.1, -0.05) is 11.3 Å². The van der Waals surface area contributed by atoms with Crippen LogP contribution in [0, 0.1) is 0 Å². The Morgan fingerprint density at radius 3 is 2.22 bits per heavy atom. The fourth-order valence-corrected chi connectivity index (χ4v) is 3.27. The summed E-state index contributed by atoms with van der Waals surface area (Å²) in [4.78, 5) is 12.2. The molecule has 1 aromatic heterocycles. The number of aromatic nitrogens is 2. The van der Waals surface area contributed by atoms with Crippen molar-refractivity contribution < 1.29 is 35.9 Å². The van der Waals surface area contributed by atoms with Crippen LogP contribution < -0.4 is 5.32 Å². The van der Waals surface area contributed by atoms with Crippen molar-refractivity contribution in [2.45, 2.75) is 31.3 Å². The molecule has 2 aromatic rings. The molecule has 1 N–H and O–H groups in total. The van der Waals surface area contributed by atoms with E-state index in [4.69, 9.17) is 4.74 Å². The molecular weight excluding hydrogens is 400 g/mol. The van der Waals surface area contributed by atoms with Crippen molar-refractivity contribution in [2.75, 3.05) is 11.9 Å². The van der Waals surface area contributed by atoms with Crippen molar-refractivity contribution in [3.05, 3.63) is 39.9 Å². The van der Waals surface area contributed by atoms with Gasteiger partial charge in [-0.2, -0.15) is 26.3 Å². The maximum atomic E-state index is 12.9. The summed E-state index contributed by atoms with van der Waals surface area (Å²) in [5, 5.41) is 10.1. The zero-order valence-electron chi connectivity index (χ0n) is 13.3. The number of carbonyl (C=O) groups is 1. The number of hydrogen-bond acceptors (Lipinski definition) is 5. The Kier molecular flexibility index (Phi) is 5.12. The van der Waals surface area contributed by atoms with Crippen molar-refractivity contribution >= 4 is 22.4 Å². The smallest absolute Gasteiger partial charge is 0.371 e. The van der Waals surface area contributed by atoms with E-state index in [1.54, 1.807) is 0 Å². The quantitative estimate of drug-likeness (QED) is 0.745. The highest BCUT2D eigenvalue weighted by atomic mass is 32.1. The standard InChI is InChI=1S/C15H11F6N3O2S/c16-14(17,18)8-4-7(5-9(6-8)15(19,20)21)11(25)22-13-24-23-12(27-13)10-2-1-3-26-10/h4-6,10H,1-3H2,(H,22,24,25). The molecule has 1 fully saturated rings. The van der Waals surface area contributed by atoms with Gasteiger partial charge < -0.3 is 4.74 Å². The van der Waals surface area contributed by atoms with Crippen LogP contribution >= 0.6 is 11.3 Å². The zero-order chi connectivity index (χ0) is 19.8. The summed E-state index contributed by atoms with van der Waals surface area (Å²) < 4.78 is 82.6. The van der Waals surface area contributed by atoms with Crippen LogP contribution in [-0.2, 0) is 17.1 Å². The highest BCUT2D eigenvalue weighted by molar-refractivity contribution is 7.15. The van der Waals surface area contributed by atoms with E-state index in [0.29, 0.717) is 30.2 Å². The maximum Gasteiger partial charge on any atom is 0.416 e. The first kappa shape index (κ1) is 19.5. The molecule has 1 amide bonds. The monoisotopic (exact) mass is 411 g/mol. The molecule has 5 nitrogen and oxygen atoms in total. The summed E-state index contributed by atoms with van der Waals surface area (Å²) in [5.41, 5.74) is -3.93. The second-order valence-electron chi connectivity index (χ2n) is 5.70. The number of halogens is 6. The molecule has 146 valence electrons. The van der Waals surface area contributed by atoms with Crippen molar-refractivity contribution in [1.29, 1.82) is 0 Å². The number of hydrogen-bond donors (Lipinski definition) is 1. The van der Waals surface area contributed by atoms with E-state index in [0.717, 1.165) is 17.8 Å². The molecule has 0 spiro atoms. The van der Waals surface area contributed by atoms with E-state index in [1.807, 2.05) is 0 Å². The molecule has 1 aliphatic rings. The van der Waals surface area contributed by atoms with Crippen molar-refractivity contribution in [2.24, 2.45) is 0 Å². The molecular formula is C15H11F6N3O2S. The van der Waals surface area contributed by atoms with Crippen LogP contribution in [0.2, 0.25) is 0 Å². The van der Waals surface area contributed by atoms with Gasteiger partial charge in [0.15, 0.2) is 0 Å². The highest BCUT2D eigenvalue weighted by Crippen LogP contribution is 2.37. The predicted octanol–water partition coefficient (Wildman–Crippen LogP) is 4.68. The van der Waals surface area contributed by atoms with Crippen LogP contribution in [0.5, 0.6) is 0 Å². The summed E-state index contributed by atoms with van der Waals surface area (Å²) in [7, 11) is 0. The molecule has 1 atom stereocenters. The number of alkyl halides is 6. The molecule has 1 saturated heterocycles. The van der Waals surface area contributed by atoms with Crippen LogP contribution in [0.1, 0.15) is 45.4 Å². The van der Waals surface area contributed by atoms with Gasteiger partial charge in [-0.3, -0.25) is 10.1 Å². The first-order chi connectivity index (χ1) is 12.5. The van der Waals surface area contributed by atoms with Gasteiger partial charge in [-0.15, -0.1) is 10.2 Å². The fraction of sp³-hybridized carbons (Fsp3) is 0.400. The Labute approximate surface area is 152 Å². The molecule has 3 rings (SSSR count). The lowest BCUT2D eigenvalue weighted by Crippen LogP contribution is -2.17. The molecule has 0 saturated carbocycles. The average molecular weight is 411 g/mol. The van der Waals surface area contributed by atoms with Crippen LogP contribution in [0.25, 0.3) is 0 Å². The molecule has 0 aliphatic carbocycles. The van der Waals surface area contributed by atoms with E-state index in [-0.39, 0.29) is 17.3 Å². The summed E-state index contributed by atoms with van der Waals surface area (Å²) >= 11 is 0.949. The summed E-state index contributed by atoms with van der Waals surface area (Å²) in [6, 6.07) is 0.663. The Hall–Kier alpha value is -2.21. The fourth-order valence-electron chi connectivity index (χ4n) is 2.44. The number of nitrogens with zero attached hydrogens (tertiary/aromatic N) is 2. The van der Waals surface area contributed by atoms with Gasteiger partial charge in [0, 0.05) is 12.2 Å². The largest absolute Gasteiger partial charge is 0.416 e. The van der Waals surface area contributed by atoms with E-state index in [9.17, 15) is 31.1 Å². The van der Waals surface area contributed by atoms with Gasteiger partial charge in [0.25, 0.3) is 5.91 Å². The van der Waals surface area contributed by atoms with E-state index in [2.05, 4.69) is 15.5 Å². The van der Waals surface area contributed by atoms with Crippen molar-refractivity contribution in [3.8, 4) is 0 Å². The molecule has 1 aliphatic heterocycles. The minimum absolute atomic E-state index is 0.0444. The number of benzene rings is 1. The second-order valence-corrected chi connectivity index (χ2v) is 6.70. The number of carbonyl (C=O) groups excluding carboxylic acids is 1. The van der Waals surface area contributed by atoms with Gasteiger partial charge >= 0.3 is 12.4 Å². The number of rotatable bonds is 3. The number of amides is 1. The van der Waals surface area contributed by atoms with Gasteiger partial charge in [0.2, 0.25) is 5.13 Å². The first-order valence-electron chi connectivity index (χ1n) is 7.60. The van der Waals surface area contributed by atoms with E-state index >= 15 is 0 Å². The number of anilines is 1. The maximum absolute atomic E-state index is 12.9. The first-order valence-corrected chi connectivity index (χ1v) is 8.41. The lowest BCUT2D eigenvalue weighted by Gasteiger charge is -2.13. The Morgan fingerprint density at radius 2 is 1.70 bits per heavy atom. The predicted molar refractivity (Wildman–Crippen MR) is 82.2 cm³/mol. The number of ether oxygens (including phenoxy) is 1. The second kappa shape index (κ2) is 7.08. The Bertz CT molecular complexity index is 811. The topological polar surface area (TPSA) is 64.1 Å². The van der Waals surface area contributed by atoms with Crippen LogP contribution in [0.4, 0.5) is 31.5 Å². The van der Waals surface area contributed by atoms with Gasteiger partial charge in [0.1, 0.15) is 11.1 Å². The number of nitrogens with one attached hydrogen (secondary N) is 1. The van der Waals surface area contributed by atoms with Gasteiger partial charge in [-0.05, 0) is 31.0 Å². The third kappa shape index (κ3) is 4.56. The van der Waals surface area contributed by atoms with Crippen LogP contribution in [0.15, 0.2) is 18.2 Å². The molecule has 1 unspecified atom stereocenters. The minimum atomic E-state index is -5.04. The van der Waals surface area contributed by atoms with Crippen molar-refractivity contribution in [3.63, 3.8) is 0 Å². The van der Waals surface area contributed by atoms with Gasteiger partial charge in [-0.25, -0.2) is 0 Å². The summed E-state index contributed by atoms with van der Waals surface area (Å²) in [6.07, 6.45) is -8.81. The third-order valence-electron chi connectivity index (χ3n) is 3.72. The summed E-state index contributed by atoms with van der Waals surface area (Å²) in [6.45, 7) is 0.552. The lowest BCUT2D eigenvalue weighted by atomic mass is 10.0. The normalized spacial score (nSPS) is 17.9. The SMILES string of the molecule is O=C(Nc1nnc(C2CCCO2)s1)c1cc(C(F)(F)F)cc(C(F)(F)F)c1. The molecule has 2 heterocycles. The Balaban J connectivity index is 1.85. The van der Waals surface area contributed by atoms with E-state index in [1.165, 1.54) is 0 Å². The molecule has 27 heavy (non-hydrogen) atoms. The molecule has 1 aromatic carbocycles. The lowest BCUT2D eigenvalue weighted by molar-refractivity contribution is -0.143. The Morgan fingerprint density at radius 1 is 1.07 bits per heavy atom.